The molecule has 2 aromatic carbocycles. The van der Waals surface area contributed by atoms with E-state index in [1.807, 2.05) is 38.1 Å². The molecule has 27 heavy (non-hydrogen) atoms. The number of halogens is 1. The normalized spacial score (nSPS) is 10.5. The van der Waals surface area contributed by atoms with Crippen LogP contribution < -0.4 is 15.4 Å². The second kappa shape index (κ2) is 8.51. The summed E-state index contributed by atoms with van der Waals surface area (Å²) in [6, 6.07) is 16.0. The molecule has 0 aliphatic heterocycles. The van der Waals surface area contributed by atoms with E-state index in [0.29, 0.717) is 22.4 Å². The van der Waals surface area contributed by atoms with Crippen LogP contribution in [0.1, 0.15) is 24.3 Å². The second-order valence-corrected chi connectivity index (χ2v) is 6.39. The molecule has 7 heteroatoms. The number of benzene rings is 2. The van der Waals surface area contributed by atoms with E-state index in [-0.39, 0.29) is 17.7 Å². The molecular formula is C20H19ClN4O2. The maximum atomic E-state index is 12.5. The van der Waals surface area contributed by atoms with Crippen molar-refractivity contribution in [3.63, 3.8) is 0 Å². The van der Waals surface area contributed by atoms with Gasteiger partial charge in [0.2, 0.25) is 5.95 Å². The molecule has 0 unspecified atom stereocenters. The molecule has 0 aliphatic rings. The number of aromatic nitrogens is 2. The molecule has 0 aliphatic carbocycles. The maximum Gasteiger partial charge on any atom is 0.274 e. The van der Waals surface area contributed by atoms with Crippen molar-refractivity contribution in [2.24, 2.45) is 0 Å². The lowest BCUT2D eigenvalue weighted by atomic mass is 10.3. The summed E-state index contributed by atoms with van der Waals surface area (Å²) in [5.41, 5.74) is 1.46. The Bertz CT molecular complexity index is 947. The van der Waals surface area contributed by atoms with Gasteiger partial charge in [-0.1, -0.05) is 35.9 Å². The van der Waals surface area contributed by atoms with Crippen LogP contribution in [0.4, 0.5) is 17.3 Å². The van der Waals surface area contributed by atoms with Gasteiger partial charge in [0, 0.05) is 6.20 Å². The highest BCUT2D eigenvalue weighted by Crippen LogP contribution is 2.27. The van der Waals surface area contributed by atoms with Crippen LogP contribution in [-0.4, -0.2) is 22.0 Å². The first-order valence-corrected chi connectivity index (χ1v) is 8.82. The van der Waals surface area contributed by atoms with Gasteiger partial charge in [0.1, 0.15) is 11.4 Å². The molecule has 0 saturated heterocycles. The molecule has 1 amide bonds. The molecule has 0 radical (unpaired) electrons. The first-order chi connectivity index (χ1) is 13.0. The van der Waals surface area contributed by atoms with Gasteiger partial charge in [0.15, 0.2) is 0 Å². The minimum absolute atomic E-state index is 0.0293. The molecular weight excluding hydrogens is 364 g/mol. The molecule has 0 bridgehead atoms. The van der Waals surface area contributed by atoms with Crippen molar-refractivity contribution < 1.29 is 9.53 Å². The third kappa shape index (κ3) is 4.95. The van der Waals surface area contributed by atoms with Gasteiger partial charge in [0.25, 0.3) is 5.91 Å². The van der Waals surface area contributed by atoms with E-state index in [0.717, 1.165) is 5.69 Å². The lowest BCUT2D eigenvalue weighted by molar-refractivity contribution is 0.102. The van der Waals surface area contributed by atoms with Crippen molar-refractivity contribution in [1.29, 1.82) is 0 Å². The van der Waals surface area contributed by atoms with Gasteiger partial charge < -0.3 is 15.4 Å². The van der Waals surface area contributed by atoms with E-state index in [9.17, 15) is 4.79 Å². The number of hydrogen-bond donors (Lipinski definition) is 2. The predicted molar refractivity (Wildman–Crippen MR) is 107 cm³/mol. The zero-order chi connectivity index (χ0) is 19.2. The summed E-state index contributed by atoms with van der Waals surface area (Å²) >= 11 is 6.08. The monoisotopic (exact) mass is 382 g/mol. The highest BCUT2D eigenvalue weighted by atomic mass is 35.5. The average Bonchev–Trinajstić information content (AvgIpc) is 2.65. The van der Waals surface area contributed by atoms with Crippen LogP contribution in [0.3, 0.4) is 0 Å². The number of anilines is 3. The fourth-order valence-corrected chi connectivity index (χ4v) is 2.52. The van der Waals surface area contributed by atoms with Crippen molar-refractivity contribution in [2.75, 3.05) is 10.6 Å². The molecule has 1 heterocycles. The number of amides is 1. The Labute approximate surface area is 162 Å². The third-order valence-corrected chi connectivity index (χ3v) is 3.84. The molecule has 3 rings (SSSR count). The quantitative estimate of drug-likeness (QED) is 0.633. The lowest BCUT2D eigenvalue weighted by Gasteiger charge is -2.15. The highest BCUT2D eigenvalue weighted by Gasteiger charge is 2.12. The minimum atomic E-state index is -0.375. The van der Waals surface area contributed by atoms with E-state index in [1.165, 1.54) is 12.3 Å². The first-order valence-electron chi connectivity index (χ1n) is 8.44. The molecule has 138 valence electrons. The smallest absolute Gasteiger partial charge is 0.274 e. The van der Waals surface area contributed by atoms with Gasteiger partial charge in [-0.05, 0) is 44.2 Å². The topological polar surface area (TPSA) is 76.1 Å². The summed E-state index contributed by atoms with van der Waals surface area (Å²) in [6.07, 6.45) is 1.55. The number of carbonyl (C=O) groups is 1. The Morgan fingerprint density at radius 1 is 1.04 bits per heavy atom. The van der Waals surface area contributed by atoms with Crippen LogP contribution in [-0.2, 0) is 0 Å². The Morgan fingerprint density at radius 2 is 1.74 bits per heavy atom. The Hall–Kier alpha value is -3.12. The summed E-state index contributed by atoms with van der Waals surface area (Å²) in [4.78, 5) is 20.9. The van der Waals surface area contributed by atoms with E-state index >= 15 is 0 Å². The Morgan fingerprint density at radius 3 is 2.48 bits per heavy atom. The fraction of sp³-hybridized carbons (Fsp3) is 0.150. The Balaban J connectivity index is 1.78. The molecule has 0 spiro atoms. The van der Waals surface area contributed by atoms with Gasteiger partial charge in [-0.15, -0.1) is 0 Å². The summed E-state index contributed by atoms with van der Waals surface area (Å²) in [7, 11) is 0. The standard InChI is InChI=1S/C20H19ClN4O2/c1-13(2)27-18-10-6-5-9-16(18)24-20-22-12-11-17(25-20)19(26)23-15-8-4-3-7-14(15)21/h3-13H,1-2H3,(H,23,26)(H,22,24,25). The Kier molecular flexibility index (Phi) is 5.88. The first kappa shape index (κ1) is 18.7. The number of rotatable bonds is 6. The van der Waals surface area contributed by atoms with Gasteiger partial charge in [-0.25, -0.2) is 9.97 Å². The molecule has 0 fully saturated rings. The molecule has 2 N–H and O–H groups in total. The largest absolute Gasteiger partial charge is 0.489 e. The number of nitrogens with one attached hydrogen (secondary N) is 2. The van der Waals surface area contributed by atoms with Crippen LogP contribution in [0.2, 0.25) is 5.02 Å². The lowest BCUT2D eigenvalue weighted by Crippen LogP contribution is -2.15. The molecule has 3 aromatic rings. The molecule has 0 atom stereocenters. The minimum Gasteiger partial charge on any atom is -0.489 e. The van der Waals surface area contributed by atoms with E-state index in [2.05, 4.69) is 20.6 Å². The van der Waals surface area contributed by atoms with Crippen LogP contribution in [0.15, 0.2) is 60.8 Å². The maximum absolute atomic E-state index is 12.5. The van der Waals surface area contributed by atoms with Crippen LogP contribution in [0, 0.1) is 0 Å². The van der Waals surface area contributed by atoms with E-state index < -0.39 is 0 Å². The van der Waals surface area contributed by atoms with Gasteiger partial charge >= 0.3 is 0 Å². The second-order valence-electron chi connectivity index (χ2n) is 5.99. The van der Waals surface area contributed by atoms with Crippen molar-refractivity contribution in [1.82, 2.24) is 9.97 Å². The van der Waals surface area contributed by atoms with Crippen molar-refractivity contribution in [2.45, 2.75) is 20.0 Å². The van der Waals surface area contributed by atoms with Crippen molar-refractivity contribution in [3.8, 4) is 5.75 Å². The number of carbonyl (C=O) groups excluding carboxylic acids is 1. The molecule has 6 nitrogen and oxygen atoms in total. The number of ether oxygens (including phenoxy) is 1. The highest BCUT2D eigenvalue weighted by molar-refractivity contribution is 6.33. The van der Waals surface area contributed by atoms with Crippen LogP contribution >= 0.6 is 11.6 Å². The van der Waals surface area contributed by atoms with Gasteiger partial charge in [-0.3, -0.25) is 4.79 Å². The SMILES string of the molecule is CC(C)Oc1ccccc1Nc1nccc(C(=O)Nc2ccccc2Cl)n1. The number of nitrogens with zero attached hydrogens (tertiary/aromatic N) is 2. The van der Waals surface area contributed by atoms with Gasteiger partial charge in [-0.2, -0.15) is 0 Å². The summed E-state index contributed by atoms with van der Waals surface area (Å²) in [6.45, 7) is 3.90. The zero-order valence-electron chi connectivity index (χ0n) is 14.9. The summed E-state index contributed by atoms with van der Waals surface area (Å²) < 4.78 is 5.78. The summed E-state index contributed by atoms with van der Waals surface area (Å²) in [5, 5.41) is 6.29. The fourth-order valence-electron chi connectivity index (χ4n) is 2.34. The van der Waals surface area contributed by atoms with Crippen molar-refractivity contribution >= 4 is 34.8 Å². The van der Waals surface area contributed by atoms with Crippen LogP contribution in [0.25, 0.3) is 0 Å². The molecule has 0 saturated carbocycles. The summed E-state index contributed by atoms with van der Waals surface area (Å²) in [5.74, 6) is 0.601. The third-order valence-electron chi connectivity index (χ3n) is 3.51. The van der Waals surface area contributed by atoms with Crippen LogP contribution in [0.5, 0.6) is 5.75 Å². The average molecular weight is 383 g/mol. The molecule has 1 aromatic heterocycles. The number of hydrogen-bond acceptors (Lipinski definition) is 5. The van der Waals surface area contributed by atoms with Crippen molar-refractivity contribution in [3.05, 3.63) is 71.5 Å². The predicted octanol–water partition coefficient (Wildman–Crippen LogP) is 4.91. The number of para-hydroxylation sites is 3. The van der Waals surface area contributed by atoms with E-state index in [4.69, 9.17) is 16.3 Å². The van der Waals surface area contributed by atoms with E-state index in [1.54, 1.807) is 24.3 Å². The van der Waals surface area contributed by atoms with Gasteiger partial charge in [0.05, 0.1) is 22.5 Å². The zero-order valence-corrected chi connectivity index (χ0v) is 15.7.